The van der Waals surface area contributed by atoms with E-state index in [4.69, 9.17) is 21.1 Å². The van der Waals surface area contributed by atoms with Crippen molar-refractivity contribution in [2.24, 2.45) is 11.7 Å². The molecule has 13 heteroatoms. The van der Waals surface area contributed by atoms with Gasteiger partial charge in [0.05, 0.1) is 25.4 Å². The summed E-state index contributed by atoms with van der Waals surface area (Å²) >= 11 is 0. The second-order valence-electron chi connectivity index (χ2n) is 6.35. The number of nitrogens with two attached hydrogens (primary N) is 1. The van der Waals surface area contributed by atoms with E-state index in [1.165, 1.54) is 0 Å². The van der Waals surface area contributed by atoms with Crippen molar-refractivity contribution in [3.8, 4) is 0 Å². The maximum atomic E-state index is 12.1. The fourth-order valence-electron chi connectivity index (χ4n) is 2.14. The molecule has 0 aliphatic carbocycles. The molecule has 0 saturated carbocycles. The number of carbonyl (C=O) groups excluding carboxylic acids is 3. The molecule has 13 nitrogen and oxygen atoms in total. The number of nitrogens with one attached hydrogen (secondary N) is 3. The Kier molecular flexibility index (Phi) is 10.9. The van der Waals surface area contributed by atoms with Gasteiger partial charge in [0.15, 0.2) is 0 Å². The summed E-state index contributed by atoms with van der Waals surface area (Å²) in [4.78, 5) is 68.5. The second kappa shape index (κ2) is 12.3. The highest BCUT2D eigenvalue weighted by atomic mass is 16.4. The van der Waals surface area contributed by atoms with Gasteiger partial charge in [0.1, 0.15) is 12.1 Å². The van der Waals surface area contributed by atoms with Crippen LogP contribution in [0.15, 0.2) is 0 Å². The Bertz CT molecular complexity index is 652. The van der Waals surface area contributed by atoms with Crippen molar-refractivity contribution < 1.29 is 44.1 Å². The topological polar surface area (TPSA) is 225 Å². The Morgan fingerprint density at radius 1 is 0.897 bits per heavy atom. The van der Waals surface area contributed by atoms with Crippen molar-refractivity contribution in [2.75, 3.05) is 6.54 Å². The number of hydrogen-bond acceptors (Lipinski definition) is 7. The van der Waals surface area contributed by atoms with Crippen LogP contribution in [-0.4, -0.2) is 75.6 Å². The highest BCUT2D eigenvalue weighted by Gasteiger charge is 2.28. The lowest BCUT2D eigenvalue weighted by atomic mass is 9.99. The molecule has 164 valence electrons. The predicted octanol–water partition coefficient (Wildman–Crippen LogP) is -2.52. The fraction of sp³-hybridized carbons (Fsp3) is 0.625. The van der Waals surface area contributed by atoms with Gasteiger partial charge in [-0.3, -0.25) is 24.0 Å². The lowest BCUT2D eigenvalue weighted by molar-refractivity contribution is -0.143. The van der Waals surface area contributed by atoms with Gasteiger partial charge in [-0.05, 0) is 5.92 Å². The molecule has 0 rings (SSSR count). The molecular formula is C16H26N4O9. The molecule has 0 fully saturated rings. The van der Waals surface area contributed by atoms with Gasteiger partial charge in [-0.2, -0.15) is 0 Å². The molecule has 4 atom stereocenters. The number of carboxylic acids is 3. The van der Waals surface area contributed by atoms with E-state index in [0.29, 0.717) is 6.42 Å². The largest absolute Gasteiger partial charge is 0.481 e. The molecule has 0 aromatic heterocycles. The third-order valence-electron chi connectivity index (χ3n) is 3.96. The van der Waals surface area contributed by atoms with E-state index in [1.807, 2.05) is 5.32 Å². The summed E-state index contributed by atoms with van der Waals surface area (Å²) < 4.78 is 0. The molecule has 4 unspecified atom stereocenters. The molecule has 0 bridgehead atoms. The van der Waals surface area contributed by atoms with Crippen LogP contribution >= 0.6 is 0 Å². The van der Waals surface area contributed by atoms with E-state index < -0.39 is 73.1 Å². The van der Waals surface area contributed by atoms with Crippen molar-refractivity contribution in [1.29, 1.82) is 0 Å². The van der Waals surface area contributed by atoms with Gasteiger partial charge < -0.3 is 37.0 Å². The zero-order valence-electron chi connectivity index (χ0n) is 16.0. The minimum atomic E-state index is -1.61. The van der Waals surface area contributed by atoms with E-state index in [9.17, 15) is 28.8 Å². The molecule has 0 spiro atoms. The van der Waals surface area contributed by atoms with Crippen LogP contribution < -0.4 is 21.7 Å². The number of rotatable bonds is 13. The van der Waals surface area contributed by atoms with Gasteiger partial charge >= 0.3 is 17.9 Å². The molecule has 8 N–H and O–H groups in total. The lowest BCUT2D eigenvalue weighted by Crippen LogP contribution is -2.54. The first kappa shape index (κ1) is 25.8. The molecule has 0 radical (unpaired) electrons. The van der Waals surface area contributed by atoms with Crippen LogP contribution in [0.25, 0.3) is 0 Å². The summed E-state index contributed by atoms with van der Waals surface area (Å²) in [6.45, 7) is 2.70. The van der Waals surface area contributed by atoms with Crippen LogP contribution in [0.4, 0.5) is 0 Å². The average molecular weight is 418 g/mol. The normalized spacial score (nSPS) is 14.6. The summed E-state index contributed by atoms with van der Waals surface area (Å²) in [6, 6.07) is -4.29. The van der Waals surface area contributed by atoms with Gasteiger partial charge in [-0.1, -0.05) is 20.3 Å². The van der Waals surface area contributed by atoms with Crippen molar-refractivity contribution >= 4 is 35.6 Å². The third kappa shape index (κ3) is 10.0. The van der Waals surface area contributed by atoms with Gasteiger partial charge in [-0.15, -0.1) is 0 Å². The minimum Gasteiger partial charge on any atom is -0.481 e. The van der Waals surface area contributed by atoms with Gasteiger partial charge in [0.2, 0.25) is 17.7 Å². The summed E-state index contributed by atoms with van der Waals surface area (Å²) in [6.07, 6.45) is -1.10. The molecule has 29 heavy (non-hydrogen) atoms. The van der Waals surface area contributed by atoms with Crippen molar-refractivity contribution in [3.63, 3.8) is 0 Å². The third-order valence-corrected chi connectivity index (χ3v) is 3.96. The molecule has 0 aromatic carbocycles. The number of aliphatic carboxylic acids is 3. The zero-order chi connectivity index (χ0) is 22.7. The second-order valence-corrected chi connectivity index (χ2v) is 6.35. The molecule has 3 amide bonds. The Balaban J connectivity index is 4.91. The van der Waals surface area contributed by atoms with Crippen molar-refractivity contribution in [2.45, 2.75) is 51.2 Å². The maximum absolute atomic E-state index is 12.1. The Morgan fingerprint density at radius 2 is 1.45 bits per heavy atom. The van der Waals surface area contributed by atoms with E-state index in [-0.39, 0.29) is 5.92 Å². The Hall–Kier alpha value is -3.22. The van der Waals surface area contributed by atoms with Crippen LogP contribution in [-0.2, 0) is 28.8 Å². The number of carboxylic acid groups (broad SMARTS) is 3. The molecular weight excluding hydrogens is 392 g/mol. The fourth-order valence-corrected chi connectivity index (χ4v) is 2.14. The first-order valence-corrected chi connectivity index (χ1v) is 8.68. The van der Waals surface area contributed by atoms with Crippen molar-refractivity contribution in [1.82, 2.24) is 16.0 Å². The average Bonchev–Trinajstić information content (AvgIpc) is 2.61. The zero-order valence-corrected chi connectivity index (χ0v) is 16.0. The van der Waals surface area contributed by atoms with Crippen LogP contribution in [0, 0.1) is 5.92 Å². The number of amides is 3. The monoisotopic (exact) mass is 418 g/mol. The molecule has 0 aliphatic heterocycles. The summed E-state index contributed by atoms with van der Waals surface area (Å²) in [5.74, 6) is -7.34. The SMILES string of the molecule is CCC(C)C(NC(=O)CNC(=O)C(CC(=O)O)NC(=O)C(N)CC(=O)O)C(=O)O. The smallest absolute Gasteiger partial charge is 0.326 e. The first-order chi connectivity index (χ1) is 13.4. The van der Waals surface area contributed by atoms with Crippen LogP contribution in [0.2, 0.25) is 0 Å². The van der Waals surface area contributed by atoms with Crippen LogP contribution in [0.3, 0.4) is 0 Å². The number of hydrogen-bond donors (Lipinski definition) is 7. The summed E-state index contributed by atoms with van der Waals surface area (Å²) in [7, 11) is 0. The summed E-state index contributed by atoms with van der Waals surface area (Å²) in [5.41, 5.74) is 5.35. The Labute approximate surface area is 166 Å². The van der Waals surface area contributed by atoms with Crippen molar-refractivity contribution in [3.05, 3.63) is 0 Å². The van der Waals surface area contributed by atoms with Gasteiger partial charge in [-0.25, -0.2) is 4.79 Å². The van der Waals surface area contributed by atoms with Gasteiger partial charge in [0.25, 0.3) is 0 Å². The van der Waals surface area contributed by atoms with E-state index in [0.717, 1.165) is 0 Å². The quantitative estimate of drug-likeness (QED) is 0.166. The van der Waals surface area contributed by atoms with E-state index >= 15 is 0 Å². The summed E-state index contributed by atoms with van der Waals surface area (Å²) in [5, 5.41) is 33.0. The van der Waals surface area contributed by atoms with Crippen LogP contribution in [0.5, 0.6) is 0 Å². The highest BCUT2D eigenvalue weighted by Crippen LogP contribution is 2.07. The standard InChI is InChI=1S/C16H26N4O9/c1-3-7(2)13(16(28)29)20-10(21)6-18-15(27)9(5-12(24)25)19-14(26)8(17)4-11(22)23/h7-9,13H,3-6,17H2,1-2H3,(H,18,27)(H,19,26)(H,20,21)(H,22,23)(H,24,25)(H,28,29). The maximum Gasteiger partial charge on any atom is 0.326 e. The first-order valence-electron chi connectivity index (χ1n) is 8.68. The van der Waals surface area contributed by atoms with Gasteiger partial charge in [0, 0.05) is 0 Å². The molecule has 0 saturated heterocycles. The predicted molar refractivity (Wildman–Crippen MR) is 96.4 cm³/mol. The lowest BCUT2D eigenvalue weighted by Gasteiger charge is -2.21. The minimum absolute atomic E-state index is 0.373. The van der Waals surface area contributed by atoms with Crippen LogP contribution in [0.1, 0.15) is 33.1 Å². The highest BCUT2D eigenvalue weighted by molar-refractivity contribution is 5.95. The Morgan fingerprint density at radius 3 is 1.90 bits per heavy atom. The molecule has 0 aliphatic rings. The molecule has 0 aromatic rings. The molecule has 0 heterocycles. The van der Waals surface area contributed by atoms with E-state index in [2.05, 4.69) is 10.6 Å². The number of carbonyl (C=O) groups is 6. The van der Waals surface area contributed by atoms with E-state index in [1.54, 1.807) is 13.8 Å².